The second-order valence-electron chi connectivity index (χ2n) is 15.5. The first-order valence-electron chi connectivity index (χ1n) is 18.1. The average molecular weight is 740 g/mol. The minimum Gasteiger partial charge on any atom is -0.475 e. The summed E-state index contributed by atoms with van der Waals surface area (Å²) in [5.41, 5.74) is -1.54. The van der Waals surface area contributed by atoms with Crippen molar-refractivity contribution in [2.45, 2.75) is 114 Å². The molecule has 282 valence electrons. The second kappa shape index (κ2) is 14.2. The molecule has 6 rings (SSSR count). The zero-order valence-corrected chi connectivity index (χ0v) is 31.1. The van der Waals surface area contributed by atoms with E-state index in [4.69, 9.17) is 9.47 Å². The Balaban J connectivity index is 1.35. The van der Waals surface area contributed by atoms with Crippen LogP contribution in [-0.2, 0) is 24.4 Å². The van der Waals surface area contributed by atoms with E-state index in [9.17, 15) is 32.7 Å². The van der Waals surface area contributed by atoms with Gasteiger partial charge in [0, 0.05) is 23.8 Å². The normalized spacial score (nSPS) is 30.3. The van der Waals surface area contributed by atoms with Crippen molar-refractivity contribution >= 4 is 44.6 Å². The Hall–Kier alpha value is -4.40. The van der Waals surface area contributed by atoms with Crippen molar-refractivity contribution in [3.8, 4) is 11.8 Å². The van der Waals surface area contributed by atoms with Gasteiger partial charge in [0.05, 0.1) is 17.4 Å². The first-order valence-corrected chi connectivity index (χ1v) is 19.6. The summed E-state index contributed by atoms with van der Waals surface area (Å²) < 4.78 is 39.8. The number of fused-ring (bicyclic) bond motifs is 3. The molecule has 3 fully saturated rings. The molecule has 15 heteroatoms. The van der Waals surface area contributed by atoms with Gasteiger partial charge in [0.1, 0.15) is 23.7 Å². The molecular weight excluding hydrogens is 690 g/mol. The van der Waals surface area contributed by atoms with Gasteiger partial charge in [-0.15, -0.1) is 0 Å². The van der Waals surface area contributed by atoms with E-state index in [0.717, 1.165) is 11.8 Å². The molecule has 1 aromatic heterocycles. The van der Waals surface area contributed by atoms with Gasteiger partial charge in [-0.3, -0.25) is 19.1 Å². The topological polar surface area (TPSA) is 193 Å². The zero-order valence-electron chi connectivity index (χ0n) is 30.3. The van der Waals surface area contributed by atoms with Gasteiger partial charge in [0.15, 0.2) is 0 Å². The number of carbonyl (C=O) groups is 4. The van der Waals surface area contributed by atoms with Crippen molar-refractivity contribution in [2.75, 3.05) is 6.54 Å². The molecular formula is C37H49N5O9S. The Morgan fingerprint density at radius 1 is 1.13 bits per heavy atom. The second-order valence-corrected chi connectivity index (χ2v) is 17.7. The molecule has 4 aliphatic rings. The molecule has 3 heterocycles. The molecule has 1 saturated heterocycles. The lowest BCUT2D eigenvalue weighted by Gasteiger charge is -2.32. The van der Waals surface area contributed by atoms with E-state index >= 15 is 0 Å². The summed E-state index contributed by atoms with van der Waals surface area (Å²) in [4.78, 5) is 60.5. The predicted molar refractivity (Wildman–Crippen MR) is 192 cm³/mol. The molecule has 4 amide bonds. The lowest BCUT2D eigenvalue weighted by molar-refractivity contribution is -0.142. The summed E-state index contributed by atoms with van der Waals surface area (Å²) in [7, 11) is -4.00. The van der Waals surface area contributed by atoms with Gasteiger partial charge in [-0.2, -0.15) is 4.98 Å². The summed E-state index contributed by atoms with van der Waals surface area (Å²) in [6.07, 6.45) is 4.47. The highest BCUT2D eigenvalue weighted by atomic mass is 32.2. The summed E-state index contributed by atoms with van der Waals surface area (Å²) >= 11 is 0. The van der Waals surface area contributed by atoms with Crippen molar-refractivity contribution in [1.29, 1.82) is 0 Å². The standard InChI is InChI=1S/C37H49N5O9S/c1-21(2)50-29-17-24-11-7-9-13-27(24)32(38-29)51-26-18-28-31(43)40-37(34(45)41-52(48,49)36(5)14-15-36)19-25(37)12-8-6-10-22(3)16-23(4)30(39-35(46)47)33(44)42(28)20-26/h7-9,11-13,17,21-23,25-26,28,30,39H,6,10,14-16,18-20H2,1-5H3,(H,40,43)(H,41,45)(H,46,47)/t22-,23-,25-,26-,28+,30+,37-/m1/s1. The van der Waals surface area contributed by atoms with Gasteiger partial charge in [0.25, 0.3) is 5.91 Å². The van der Waals surface area contributed by atoms with Crippen molar-refractivity contribution in [3.63, 3.8) is 0 Å². The SMILES string of the molecule is CC(C)Oc1cc2ccccc2c(O[C@@H]2C[C@H]3C(=O)N[C@]4(C(=O)NS(=O)(=O)C5(C)CC5)C[C@H]4C=CCC[C@@H](C)C[C@@H](C)[C@H](NC(=O)O)C(=O)N3C2)n1. The van der Waals surface area contributed by atoms with Crippen LogP contribution in [0.3, 0.4) is 0 Å². The number of pyridine rings is 1. The van der Waals surface area contributed by atoms with Gasteiger partial charge in [0.2, 0.25) is 33.6 Å². The summed E-state index contributed by atoms with van der Waals surface area (Å²) in [6, 6.07) is 6.93. The number of hydrogen-bond donors (Lipinski definition) is 4. The highest BCUT2D eigenvalue weighted by Crippen LogP contribution is 2.47. The number of amides is 4. The average Bonchev–Trinajstić information content (AvgIpc) is 3.94. The van der Waals surface area contributed by atoms with E-state index in [-0.39, 0.29) is 37.3 Å². The van der Waals surface area contributed by atoms with Crippen molar-refractivity contribution < 1.29 is 42.2 Å². The maximum absolute atomic E-state index is 14.4. The number of aromatic nitrogens is 1. The smallest absolute Gasteiger partial charge is 0.405 e. The van der Waals surface area contributed by atoms with E-state index in [1.807, 2.05) is 64.1 Å². The van der Waals surface area contributed by atoms with Crippen LogP contribution in [0.5, 0.6) is 11.8 Å². The number of nitrogens with one attached hydrogen (secondary N) is 3. The third-order valence-corrected chi connectivity index (χ3v) is 13.0. The number of sulfonamides is 1. The fourth-order valence-electron chi connectivity index (χ4n) is 7.42. The number of benzene rings is 1. The van der Waals surface area contributed by atoms with E-state index in [0.29, 0.717) is 36.9 Å². The zero-order chi connectivity index (χ0) is 37.6. The van der Waals surface area contributed by atoms with Gasteiger partial charge >= 0.3 is 6.09 Å². The van der Waals surface area contributed by atoms with Crippen LogP contribution in [0, 0.1) is 17.8 Å². The van der Waals surface area contributed by atoms with E-state index < -0.39 is 74.1 Å². The molecule has 52 heavy (non-hydrogen) atoms. The number of nitrogens with zero attached hydrogens (tertiary/aromatic N) is 2. The maximum atomic E-state index is 14.4. The number of rotatable bonds is 8. The third kappa shape index (κ3) is 7.69. The molecule has 2 saturated carbocycles. The van der Waals surface area contributed by atoms with Gasteiger partial charge in [-0.05, 0) is 82.6 Å². The Bertz CT molecular complexity index is 1880. The quantitative estimate of drug-likeness (QED) is 0.289. The van der Waals surface area contributed by atoms with E-state index in [1.54, 1.807) is 13.0 Å². The Morgan fingerprint density at radius 2 is 1.87 bits per heavy atom. The largest absolute Gasteiger partial charge is 0.475 e. The van der Waals surface area contributed by atoms with Crippen LogP contribution in [0.15, 0.2) is 42.5 Å². The van der Waals surface area contributed by atoms with Crippen LogP contribution >= 0.6 is 0 Å². The Labute approximate surface area is 304 Å². The minimum atomic E-state index is -4.00. The molecule has 2 aliphatic heterocycles. The van der Waals surface area contributed by atoms with Crippen LogP contribution in [-0.4, -0.2) is 88.3 Å². The number of carboxylic acid groups (broad SMARTS) is 1. The number of allylic oxidation sites excluding steroid dienone is 1. The van der Waals surface area contributed by atoms with Crippen molar-refractivity contribution in [3.05, 3.63) is 42.5 Å². The van der Waals surface area contributed by atoms with Gasteiger partial charge in [-0.1, -0.05) is 44.2 Å². The number of hydrogen-bond acceptors (Lipinski definition) is 9. The van der Waals surface area contributed by atoms with Gasteiger partial charge in [-0.25, -0.2) is 13.2 Å². The highest BCUT2D eigenvalue weighted by Gasteiger charge is 2.63. The molecule has 4 N–H and O–H groups in total. The minimum absolute atomic E-state index is 0.00198. The number of ether oxygens (including phenoxy) is 2. The molecule has 2 aliphatic carbocycles. The van der Waals surface area contributed by atoms with E-state index in [1.165, 1.54) is 4.90 Å². The number of carbonyl (C=O) groups excluding carboxylic acids is 3. The van der Waals surface area contributed by atoms with E-state index in [2.05, 4.69) is 20.3 Å². The van der Waals surface area contributed by atoms with Crippen LogP contribution in [0.25, 0.3) is 10.8 Å². The lowest BCUT2D eigenvalue weighted by Crippen LogP contribution is -2.59. The highest BCUT2D eigenvalue weighted by molar-refractivity contribution is 7.91. The molecule has 0 spiro atoms. The fraction of sp³-hybridized carbons (Fsp3) is 0.595. The van der Waals surface area contributed by atoms with Crippen molar-refractivity contribution in [2.24, 2.45) is 17.8 Å². The maximum Gasteiger partial charge on any atom is 0.405 e. The molecule has 0 unspecified atom stereocenters. The van der Waals surface area contributed by atoms with Gasteiger partial charge < -0.3 is 30.1 Å². The van der Waals surface area contributed by atoms with Crippen LogP contribution in [0.4, 0.5) is 4.79 Å². The molecule has 0 bridgehead atoms. The molecule has 1 aromatic carbocycles. The Morgan fingerprint density at radius 3 is 2.56 bits per heavy atom. The lowest BCUT2D eigenvalue weighted by atomic mass is 9.88. The monoisotopic (exact) mass is 739 g/mol. The third-order valence-electron chi connectivity index (χ3n) is 10.8. The summed E-state index contributed by atoms with van der Waals surface area (Å²) in [5, 5.41) is 16.6. The molecule has 0 radical (unpaired) electrons. The molecule has 2 aromatic rings. The predicted octanol–water partition coefficient (Wildman–Crippen LogP) is 3.89. The summed E-state index contributed by atoms with van der Waals surface area (Å²) in [6.45, 7) is 9.11. The first-order chi connectivity index (χ1) is 24.5. The van der Waals surface area contributed by atoms with Crippen LogP contribution in [0.1, 0.15) is 79.6 Å². The Kier molecular flexibility index (Phi) is 10.2. The molecule has 7 atom stereocenters. The fourth-order valence-corrected chi connectivity index (χ4v) is 8.73. The summed E-state index contributed by atoms with van der Waals surface area (Å²) in [5.74, 6) is -2.23. The first kappa shape index (κ1) is 37.4. The van der Waals surface area contributed by atoms with Crippen LogP contribution < -0.4 is 24.8 Å². The van der Waals surface area contributed by atoms with Crippen molar-refractivity contribution in [1.82, 2.24) is 25.2 Å². The van der Waals surface area contributed by atoms with Crippen LogP contribution in [0.2, 0.25) is 0 Å². The molecule has 14 nitrogen and oxygen atoms in total.